The van der Waals surface area contributed by atoms with E-state index in [2.05, 4.69) is 173 Å². The second kappa shape index (κ2) is 16.7. The topological polar surface area (TPSA) is 90.8 Å². The van der Waals surface area contributed by atoms with E-state index in [-0.39, 0.29) is 22.2 Å². The van der Waals surface area contributed by atoms with Crippen molar-refractivity contribution in [2.45, 2.75) is 98.3 Å². The minimum absolute atomic E-state index is 0.249. The van der Waals surface area contributed by atoms with Gasteiger partial charge in [-0.05, 0) is 76.2 Å². The second-order valence-electron chi connectivity index (χ2n) is 19.2. The van der Waals surface area contributed by atoms with Gasteiger partial charge in [0, 0.05) is 22.3 Å². The standard InChI is InChI=1S/C44H48BN4O4.C6H15N/c1-41(2)25-50-37(46-41)29-9-17-33(18-10-29)45(34-19-11-30(12-20-34)38-47-42(3,4)26-51-38,35-21-13-31(14-22-35)39-48-43(5,6)27-52-39)36-23-15-32(16-24-36)40-49-44(7,8)28-53-40;1-4-7(5-2)6-3/h9-24H,25-28H2,1-8H3;4-6H2,1-3H3/q-1;/p+1. The van der Waals surface area contributed by atoms with Crippen LogP contribution >= 0.6 is 0 Å². The van der Waals surface area contributed by atoms with Gasteiger partial charge in [0.1, 0.15) is 32.6 Å². The van der Waals surface area contributed by atoms with Crippen LogP contribution in [-0.4, -0.2) is 98.0 Å². The average molecular weight is 810 g/mol. The lowest BCUT2D eigenvalue weighted by atomic mass is 9.13. The Hall–Kier alpha value is -5.22. The van der Waals surface area contributed by atoms with Crippen LogP contribution in [0, 0.1) is 0 Å². The first-order chi connectivity index (χ1) is 28.5. The van der Waals surface area contributed by atoms with E-state index in [1.807, 2.05) is 0 Å². The molecule has 9 nitrogen and oxygen atoms in total. The van der Waals surface area contributed by atoms with Crippen LogP contribution in [0.15, 0.2) is 117 Å². The summed E-state index contributed by atoms with van der Waals surface area (Å²) < 4.78 is 24.2. The highest BCUT2D eigenvalue weighted by Gasteiger charge is 2.35. The van der Waals surface area contributed by atoms with Crippen LogP contribution in [0.4, 0.5) is 0 Å². The fraction of sp³-hybridized carbons (Fsp3) is 0.440. The van der Waals surface area contributed by atoms with Crippen molar-refractivity contribution in [3.05, 3.63) is 119 Å². The normalized spacial score (nSPS) is 19.5. The van der Waals surface area contributed by atoms with E-state index in [0.29, 0.717) is 50.0 Å². The Kier molecular flexibility index (Phi) is 11.9. The molecular formula is C50H64BN5O4. The largest absolute Gasteiger partial charge is 0.475 e. The van der Waals surface area contributed by atoms with Crippen LogP contribution in [0.25, 0.3) is 0 Å². The number of hydrogen-bond donors (Lipinski definition) is 1. The summed E-state index contributed by atoms with van der Waals surface area (Å²) in [5, 5.41) is 0. The van der Waals surface area contributed by atoms with Crippen LogP contribution in [0.1, 0.15) is 98.4 Å². The Morgan fingerprint density at radius 2 is 0.583 bits per heavy atom. The minimum atomic E-state index is -1.75. The summed E-state index contributed by atoms with van der Waals surface area (Å²) >= 11 is 0. The van der Waals surface area contributed by atoms with E-state index in [4.69, 9.17) is 38.9 Å². The smallest absolute Gasteiger partial charge is 0.216 e. The van der Waals surface area contributed by atoms with Gasteiger partial charge in [-0.25, -0.2) is 20.0 Å². The van der Waals surface area contributed by atoms with Crippen molar-refractivity contribution in [3.63, 3.8) is 0 Å². The van der Waals surface area contributed by atoms with Crippen LogP contribution in [0.2, 0.25) is 0 Å². The number of quaternary nitrogens is 1. The molecule has 316 valence electrons. The molecule has 60 heavy (non-hydrogen) atoms. The van der Waals surface area contributed by atoms with Gasteiger partial charge in [0.15, 0.2) is 0 Å². The van der Waals surface area contributed by atoms with Crippen molar-refractivity contribution in [3.8, 4) is 0 Å². The lowest BCUT2D eigenvalue weighted by Crippen LogP contribution is -3.11. The molecule has 8 rings (SSSR count). The van der Waals surface area contributed by atoms with E-state index in [0.717, 1.165) is 44.1 Å². The summed E-state index contributed by atoms with van der Waals surface area (Å²) in [7, 11) is 0. The van der Waals surface area contributed by atoms with Crippen molar-refractivity contribution in [2.75, 3.05) is 46.1 Å². The van der Waals surface area contributed by atoms with Crippen molar-refractivity contribution >= 4 is 51.6 Å². The first kappa shape index (κ1) is 42.9. The van der Waals surface area contributed by atoms with Crippen LogP contribution < -0.4 is 26.8 Å². The summed E-state index contributed by atoms with van der Waals surface area (Å²) in [6, 6.07) is 34.9. The number of hydrogen-bond acceptors (Lipinski definition) is 8. The molecule has 0 fully saturated rings. The molecule has 0 atom stereocenters. The molecule has 4 aliphatic heterocycles. The maximum Gasteiger partial charge on any atom is 0.216 e. The van der Waals surface area contributed by atoms with Gasteiger partial charge in [0.25, 0.3) is 0 Å². The van der Waals surface area contributed by atoms with Crippen molar-refractivity contribution < 1.29 is 23.8 Å². The zero-order valence-corrected chi connectivity index (χ0v) is 37.7. The molecule has 4 aromatic carbocycles. The molecule has 4 aromatic rings. The second-order valence-corrected chi connectivity index (χ2v) is 19.2. The Bertz CT molecular complexity index is 1950. The molecule has 4 heterocycles. The Morgan fingerprint density at radius 3 is 0.717 bits per heavy atom. The van der Waals surface area contributed by atoms with Gasteiger partial charge in [-0.3, -0.25) is 0 Å². The first-order valence-electron chi connectivity index (χ1n) is 21.8. The van der Waals surface area contributed by atoms with Crippen LogP contribution in [-0.2, 0) is 18.9 Å². The Morgan fingerprint density at radius 1 is 0.383 bits per heavy atom. The average Bonchev–Trinajstić information content (AvgIpc) is 4.01. The number of aliphatic imine (C=N–C) groups is 4. The Balaban J connectivity index is 0.000000716. The summed E-state index contributed by atoms with van der Waals surface area (Å²) in [6.45, 7) is 29.5. The molecule has 0 aromatic heterocycles. The molecule has 0 bridgehead atoms. The Labute approximate surface area is 358 Å². The molecule has 0 amide bonds. The van der Waals surface area contributed by atoms with Crippen molar-refractivity contribution in [1.82, 2.24) is 0 Å². The quantitative estimate of drug-likeness (QED) is 0.211. The van der Waals surface area contributed by atoms with E-state index >= 15 is 0 Å². The summed E-state index contributed by atoms with van der Waals surface area (Å²) in [4.78, 5) is 21.1. The molecule has 0 saturated heterocycles. The summed E-state index contributed by atoms with van der Waals surface area (Å²) in [5.41, 5.74) is 7.46. The summed E-state index contributed by atoms with van der Waals surface area (Å²) in [6.07, 6.45) is -1.75. The molecule has 0 aliphatic carbocycles. The van der Waals surface area contributed by atoms with E-state index in [9.17, 15) is 0 Å². The lowest BCUT2D eigenvalue weighted by molar-refractivity contribution is -0.894. The van der Waals surface area contributed by atoms with Gasteiger partial charge in [0.05, 0.1) is 41.8 Å². The first-order valence-corrected chi connectivity index (χ1v) is 21.8. The highest BCUT2D eigenvalue weighted by molar-refractivity contribution is 7.19. The zero-order valence-electron chi connectivity index (χ0n) is 37.7. The van der Waals surface area contributed by atoms with Crippen LogP contribution in [0.5, 0.6) is 0 Å². The number of ether oxygens (including phenoxy) is 4. The van der Waals surface area contributed by atoms with E-state index < -0.39 is 6.15 Å². The molecule has 10 heteroatoms. The number of benzene rings is 4. The molecule has 4 aliphatic rings. The molecule has 0 spiro atoms. The molecule has 0 radical (unpaired) electrons. The lowest BCUT2D eigenvalue weighted by Gasteiger charge is -2.44. The van der Waals surface area contributed by atoms with Gasteiger partial charge in [-0.15, -0.1) is 0 Å². The van der Waals surface area contributed by atoms with Crippen LogP contribution in [0.3, 0.4) is 0 Å². The summed E-state index contributed by atoms with van der Waals surface area (Å²) in [5.74, 6) is 2.72. The number of nitrogens with zero attached hydrogens (tertiary/aromatic N) is 4. The maximum atomic E-state index is 6.05. The molecule has 1 N–H and O–H groups in total. The molecule has 0 unspecified atom stereocenters. The zero-order chi connectivity index (χ0) is 42.9. The molecular weight excluding hydrogens is 745 g/mol. The van der Waals surface area contributed by atoms with E-state index in [1.54, 1.807) is 4.90 Å². The van der Waals surface area contributed by atoms with Crippen molar-refractivity contribution in [2.24, 2.45) is 20.0 Å². The molecule has 0 saturated carbocycles. The van der Waals surface area contributed by atoms with Gasteiger partial charge in [-0.2, -0.15) is 21.9 Å². The van der Waals surface area contributed by atoms with Gasteiger partial charge in [-0.1, -0.05) is 97.1 Å². The SMILES string of the molecule is CC1(C)COC(c2ccc([B-](c3ccc(C4=NC(C)(C)CO4)cc3)(c3ccc(C4=NC(C)(C)CO4)cc3)c3ccc(C4=NC(C)(C)CO4)cc3)cc2)=N1.CC[NH+](CC)CC. The predicted molar refractivity (Wildman–Crippen MR) is 249 cm³/mol. The van der Waals surface area contributed by atoms with Gasteiger partial charge < -0.3 is 23.8 Å². The van der Waals surface area contributed by atoms with E-state index in [1.165, 1.54) is 19.6 Å². The maximum absolute atomic E-state index is 6.05. The fourth-order valence-corrected chi connectivity index (χ4v) is 8.49. The third-order valence-electron chi connectivity index (χ3n) is 12.0. The predicted octanol–water partition coefficient (Wildman–Crippen LogP) is 5.22. The minimum Gasteiger partial charge on any atom is -0.475 e. The third-order valence-corrected chi connectivity index (χ3v) is 12.0. The monoisotopic (exact) mass is 810 g/mol. The highest BCUT2D eigenvalue weighted by Crippen LogP contribution is 2.25. The van der Waals surface area contributed by atoms with Gasteiger partial charge >= 0.3 is 0 Å². The number of rotatable bonds is 11. The highest BCUT2D eigenvalue weighted by atomic mass is 16.5. The third kappa shape index (κ3) is 9.09. The van der Waals surface area contributed by atoms with Crippen molar-refractivity contribution in [1.29, 1.82) is 0 Å². The number of nitrogens with one attached hydrogen (secondary N) is 1. The van der Waals surface area contributed by atoms with Gasteiger partial charge in [0.2, 0.25) is 23.6 Å². The fourth-order valence-electron chi connectivity index (χ4n) is 8.49.